The molecule has 0 spiro atoms. The lowest BCUT2D eigenvalue weighted by molar-refractivity contribution is -0.141. The van der Waals surface area contributed by atoms with Crippen LogP contribution in [0.3, 0.4) is 0 Å². The number of carbonyl (C=O) groups excluding carboxylic acids is 1. The second kappa shape index (κ2) is 5.20. The number of likely N-dealkylation sites (N-methyl/N-ethyl adjacent to an activating group) is 1. The number of rotatable bonds is 3. The van der Waals surface area contributed by atoms with E-state index in [0.717, 1.165) is 21.3 Å². The fraction of sp³-hybridized carbons (Fsp3) is 0.357. The summed E-state index contributed by atoms with van der Waals surface area (Å²) >= 11 is 1.31. The molecule has 0 aliphatic carbocycles. The number of thiophene rings is 1. The van der Waals surface area contributed by atoms with Crippen LogP contribution in [-0.4, -0.2) is 40.0 Å². The summed E-state index contributed by atoms with van der Waals surface area (Å²) in [4.78, 5) is 30.3. The number of aryl methyl sites for hydroxylation is 2. The van der Waals surface area contributed by atoms with Gasteiger partial charge >= 0.3 is 5.97 Å². The first-order chi connectivity index (χ1) is 9.34. The second-order valence-corrected chi connectivity index (χ2v) is 5.79. The highest BCUT2D eigenvalue weighted by atomic mass is 32.1. The summed E-state index contributed by atoms with van der Waals surface area (Å²) < 4.78 is 0. The first kappa shape index (κ1) is 14.5. The van der Waals surface area contributed by atoms with Gasteiger partial charge in [-0.15, -0.1) is 11.3 Å². The van der Waals surface area contributed by atoms with Crippen molar-refractivity contribution in [2.24, 2.45) is 0 Å². The van der Waals surface area contributed by atoms with Crippen molar-refractivity contribution in [2.45, 2.75) is 26.8 Å². The van der Waals surface area contributed by atoms with Crippen molar-refractivity contribution < 1.29 is 14.7 Å². The van der Waals surface area contributed by atoms with Crippen molar-refractivity contribution in [1.29, 1.82) is 0 Å². The number of nitrogens with zero attached hydrogens (tertiary/aromatic N) is 2. The van der Waals surface area contributed by atoms with Crippen molar-refractivity contribution in [3.05, 3.63) is 28.3 Å². The third-order valence-corrected chi connectivity index (χ3v) is 4.68. The Morgan fingerprint density at radius 1 is 1.40 bits per heavy atom. The summed E-state index contributed by atoms with van der Waals surface area (Å²) in [6.45, 7) is 5.34. The highest BCUT2D eigenvalue weighted by Gasteiger charge is 2.26. The van der Waals surface area contributed by atoms with Crippen LogP contribution in [0, 0.1) is 13.8 Å². The zero-order chi connectivity index (χ0) is 15.0. The number of pyridine rings is 1. The molecule has 0 bridgehead atoms. The van der Waals surface area contributed by atoms with Crippen molar-refractivity contribution in [3.8, 4) is 0 Å². The van der Waals surface area contributed by atoms with Gasteiger partial charge in [0.2, 0.25) is 0 Å². The van der Waals surface area contributed by atoms with Crippen LogP contribution in [0.4, 0.5) is 0 Å². The molecule has 1 unspecified atom stereocenters. The van der Waals surface area contributed by atoms with Gasteiger partial charge in [-0.25, -0.2) is 9.78 Å². The number of carboxylic acid groups (broad SMARTS) is 1. The summed E-state index contributed by atoms with van der Waals surface area (Å²) in [5.41, 5.74) is 1.93. The fourth-order valence-electron chi connectivity index (χ4n) is 2.06. The Balaban J connectivity index is 2.48. The highest BCUT2D eigenvalue weighted by molar-refractivity contribution is 7.20. The molecule has 20 heavy (non-hydrogen) atoms. The van der Waals surface area contributed by atoms with E-state index in [1.54, 1.807) is 6.20 Å². The normalized spacial score (nSPS) is 12.4. The van der Waals surface area contributed by atoms with E-state index in [2.05, 4.69) is 4.98 Å². The Hall–Kier alpha value is -1.95. The number of aliphatic carboxylic acids is 1. The van der Waals surface area contributed by atoms with Gasteiger partial charge in [-0.05, 0) is 38.0 Å². The number of fused-ring (bicyclic) bond motifs is 1. The number of amides is 1. The van der Waals surface area contributed by atoms with Crippen LogP contribution in [0.25, 0.3) is 10.2 Å². The zero-order valence-electron chi connectivity index (χ0n) is 11.8. The monoisotopic (exact) mass is 292 g/mol. The summed E-state index contributed by atoms with van der Waals surface area (Å²) in [6.07, 6.45) is 1.71. The molecule has 1 amide bonds. The first-order valence-corrected chi connectivity index (χ1v) is 7.01. The summed E-state index contributed by atoms with van der Waals surface area (Å²) in [5, 5.41) is 9.98. The summed E-state index contributed by atoms with van der Waals surface area (Å²) in [5.74, 6) is -1.30. The van der Waals surface area contributed by atoms with Gasteiger partial charge in [0.15, 0.2) is 0 Å². The Bertz CT molecular complexity index is 693. The van der Waals surface area contributed by atoms with E-state index in [0.29, 0.717) is 4.88 Å². The van der Waals surface area contributed by atoms with Crippen molar-refractivity contribution in [2.75, 3.05) is 7.05 Å². The molecule has 1 N–H and O–H groups in total. The fourth-order valence-corrected chi connectivity index (χ4v) is 3.27. The predicted molar refractivity (Wildman–Crippen MR) is 78.3 cm³/mol. The van der Waals surface area contributed by atoms with Crippen LogP contribution in [0.15, 0.2) is 12.3 Å². The molecular weight excluding hydrogens is 276 g/mol. The van der Waals surface area contributed by atoms with Crippen LogP contribution in [-0.2, 0) is 4.79 Å². The van der Waals surface area contributed by atoms with Gasteiger partial charge in [-0.3, -0.25) is 4.79 Å². The zero-order valence-corrected chi connectivity index (χ0v) is 12.6. The van der Waals surface area contributed by atoms with E-state index in [1.807, 2.05) is 19.9 Å². The van der Waals surface area contributed by atoms with Gasteiger partial charge in [0.25, 0.3) is 5.91 Å². The number of aromatic nitrogens is 1. The molecule has 0 radical (unpaired) electrons. The average Bonchev–Trinajstić information content (AvgIpc) is 2.74. The van der Waals surface area contributed by atoms with E-state index < -0.39 is 12.0 Å². The molecule has 0 aliphatic rings. The SMILES string of the molecule is Cc1ccnc2sc(C(=O)N(C)C(C)C(=O)O)c(C)c12. The van der Waals surface area contributed by atoms with Crippen molar-refractivity contribution >= 4 is 33.4 Å². The topological polar surface area (TPSA) is 70.5 Å². The maximum Gasteiger partial charge on any atom is 0.326 e. The lowest BCUT2D eigenvalue weighted by Gasteiger charge is -2.21. The Kier molecular flexibility index (Phi) is 3.76. The van der Waals surface area contributed by atoms with E-state index >= 15 is 0 Å². The van der Waals surface area contributed by atoms with Crippen LogP contribution in [0.1, 0.15) is 27.7 Å². The second-order valence-electron chi connectivity index (χ2n) is 4.79. The van der Waals surface area contributed by atoms with Crippen LogP contribution >= 0.6 is 11.3 Å². The number of hydrogen-bond acceptors (Lipinski definition) is 4. The highest BCUT2D eigenvalue weighted by Crippen LogP contribution is 2.32. The molecule has 2 aromatic rings. The molecular formula is C14H16N2O3S. The quantitative estimate of drug-likeness (QED) is 0.943. The molecule has 0 aliphatic heterocycles. The van der Waals surface area contributed by atoms with Gasteiger partial charge in [0.05, 0.1) is 4.88 Å². The maximum atomic E-state index is 12.4. The molecule has 2 aromatic heterocycles. The summed E-state index contributed by atoms with van der Waals surface area (Å²) in [6, 6.07) is 1.04. The largest absolute Gasteiger partial charge is 0.480 e. The number of carboxylic acids is 1. The van der Waals surface area contributed by atoms with Crippen molar-refractivity contribution in [1.82, 2.24) is 9.88 Å². The van der Waals surface area contributed by atoms with Gasteiger partial charge in [-0.2, -0.15) is 0 Å². The molecule has 0 fully saturated rings. The molecule has 0 saturated carbocycles. The standard InChI is InChI=1S/C14H16N2O3S/c1-7-5-6-15-12-10(7)8(2)11(20-12)13(17)16(4)9(3)14(18)19/h5-6,9H,1-4H3,(H,18,19). The molecule has 106 valence electrons. The predicted octanol–water partition coefficient (Wildman–Crippen LogP) is 2.46. The molecule has 6 heteroatoms. The van der Waals surface area contributed by atoms with Crippen LogP contribution < -0.4 is 0 Å². The molecule has 1 atom stereocenters. The Morgan fingerprint density at radius 2 is 2.05 bits per heavy atom. The Labute approximate surface area is 120 Å². The van der Waals surface area contributed by atoms with Gasteiger partial charge in [-0.1, -0.05) is 0 Å². The third kappa shape index (κ3) is 2.27. The molecule has 5 nitrogen and oxygen atoms in total. The van der Waals surface area contributed by atoms with E-state index in [4.69, 9.17) is 5.11 Å². The number of carbonyl (C=O) groups is 2. The van der Waals surface area contributed by atoms with Gasteiger partial charge in [0.1, 0.15) is 10.9 Å². The van der Waals surface area contributed by atoms with E-state index in [1.165, 1.54) is 30.2 Å². The molecule has 2 heterocycles. The smallest absolute Gasteiger partial charge is 0.326 e. The molecule has 0 aromatic carbocycles. The van der Waals surface area contributed by atoms with E-state index in [-0.39, 0.29) is 5.91 Å². The lowest BCUT2D eigenvalue weighted by atomic mass is 10.1. The number of hydrogen-bond donors (Lipinski definition) is 1. The minimum atomic E-state index is -1.02. The first-order valence-electron chi connectivity index (χ1n) is 6.19. The average molecular weight is 292 g/mol. The minimum Gasteiger partial charge on any atom is -0.480 e. The molecule has 0 saturated heterocycles. The van der Waals surface area contributed by atoms with Gasteiger partial charge in [0, 0.05) is 18.6 Å². The minimum absolute atomic E-state index is 0.278. The van der Waals surface area contributed by atoms with E-state index in [9.17, 15) is 9.59 Å². The van der Waals surface area contributed by atoms with Crippen LogP contribution in [0.2, 0.25) is 0 Å². The van der Waals surface area contributed by atoms with Crippen molar-refractivity contribution in [3.63, 3.8) is 0 Å². The summed E-state index contributed by atoms with van der Waals surface area (Å²) in [7, 11) is 1.51. The van der Waals surface area contributed by atoms with Crippen LogP contribution in [0.5, 0.6) is 0 Å². The third-order valence-electron chi connectivity index (χ3n) is 3.49. The Morgan fingerprint density at radius 3 is 2.60 bits per heavy atom. The lowest BCUT2D eigenvalue weighted by Crippen LogP contribution is -2.40. The maximum absolute atomic E-state index is 12.4. The van der Waals surface area contributed by atoms with Gasteiger partial charge < -0.3 is 10.0 Å². The molecule has 2 rings (SSSR count).